The predicted molar refractivity (Wildman–Crippen MR) is 117 cm³/mol. The second kappa shape index (κ2) is 8.45. The first kappa shape index (κ1) is 19.2. The van der Waals surface area contributed by atoms with Crippen LogP contribution in [0.4, 0.5) is 5.00 Å². The Morgan fingerprint density at radius 2 is 2.18 bits per heavy atom. The van der Waals surface area contributed by atoms with Gasteiger partial charge < -0.3 is 9.73 Å². The molecule has 1 aromatic carbocycles. The number of benzene rings is 1. The van der Waals surface area contributed by atoms with Crippen LogP contribution in [0.15, 0.2) is 50.5 Å². The molecule has 1 aliphatic carbocycles. The van der Waals surface area contributed by atoms with E-state index in [1.54, 1.807) is 17.6 Å². The van der Waals surface area contributed by atoms with Gasteiger partial charge in [0, 0.05) is 15.6 Å². The molecule has 3 aromatic rings. The van der Waals surface area contributed by atoms with Gasteiger partial charge in [0.2, 0.25) is 0 Å². The summed E-state index contributed by atoms with van der Waals surface area (Å²) in [7, 11) is 0. The number of amides is 1. The highest BCUT2D eigenvalue weighted by Crippen LogP contribution is 2.40. The molecule has 2 aromatic heterocycles. The molecule has 0 spiro atoms. The number of rotatable bonds is 5. The normalized spacial score (nSPS) is 13.6. The molecule has 1 N–H and O–H groups in total. The van der Waals surface area contributed by atoms with E-state index in [0.717, 1.165) is 45.6 Å². The van der Waals surface area contributed by atoms with E-state index in [2.05, 4.69) is 34.2 Å². The van der Waals surface area contributed by atoms with Gasteiger partial charge in [0.25, 0.3) is 5.91 Å². The number of carbonyl (C=O) groups is 1. The molecule has 0 atom stereocenters. The smallest absolute Gasteiger partial charge is 0.255 e. The van der Waals surface area contributed by atoms with E-state index in [1.807, 2.05) is 30.5 Å². The number of nitrogens with zero attached hydrogens (tertiary/aromatic N) is 1. The van der Waals surface area contributed by atoms with Crippen molar-refractivity contribution < 1.29 is 9.21 Å². The van der Waals surface area contributed by atoms with Gasteiger partial charge in [-0.05, 0) is 67.5 Å². The average Bonchev–Trinajstić information content (AvgIpc) is 3.34. The Morgan fingerprint density at radius 3 is 2.96 bits per heavy atom. The molecule has 1 amide bonds. The third kappa shape index (κ3) is 4.13. The van der Waals surface area contributed by atoms with Gasteiger partial charge in [-0.15, -0.1) is 11.3 Å². The maximum absolute atomic E-state index is 13.0. The number of thiophene rings is 1. The zero-order valence-corrected chi connectivity index (χ0v) is 18.0. The molecular formula is C22H21BrN2O2S. The van der Waals surface area contributed by atoms with E-state index in [0.29, 0.717) is 6.54 Å². The highest BCUT2D eigenvalue weighted by Gasteiger charge is 2.25. The first-order chi connectivity index (χ1) is 13.6. The van der Waals surface area contributed by atoms with Crippen LogP contribution in [-0.2, 0) is 19.4 Å². The topological polar surface area (TPSA) is 54.6 Å². The van der Waals surface area contributed by atoms with Crippen LogP contribution in [0.5, 0.6) is 0 Å². The molecule has 4 nitrogen and oxygen atoms in total. The molecule has 1 aliphatic rings. The summed E-state index contributed by atoms with van der Waals surface area (Å²) in [5.74, 6) is 0.667. The van der Waals surface area contributed by atoms with Gasteiger partial charge >= 0.3 is 0 Å². The quantitative estimate of drug-likeness (QED) is 0.480. The molecule has 0 fully saturated rings. The maximum atomic E-state index is 13.0. The Morgan fingerprint density at radius 1 is 1.32 bits per heavy atom. The summed E-state index contributed by atoms with van der Waals surface area (Å²) in [4.78, 5) is 19.0. The molecule has 6 heteroatoms. The number of nitrogens with one attached hydrogen (secondary N) is 1. The fourth-order valence-corrected chi connectivity index (χ4v) is 5.00. The molecular weight excluding hydrogens is 436 g/mol. The maximum Gasteiger partial charge on any atom is 0.255 e. The van der Waals surface area contributed by atoms with Gasteiger partial charge in [0.1, 0.15) is 10.8 Å². The molecule has 28 heavy (non-hydrogen) atoms. The summed E-state index contributed by atoms with van der Waals surface area (Å²) in [5, 5.41) is 3.78. The van der Waals surface area contributed by atoms with Gasteiger partial charge in [0.15, 0.2) is 0 Å². The standard InChI is InChI=1S/C22H21BrN2O2S/c1-14-8-9-15(11-18(14)23)12-25-22-20(17-6-2-3-7-19(17)28-22)21(26)24-13-16-5-4-10-27-16/h4-5,8-12H,2-3,6-7,13H2,1H3,(H,24,26). The van der Waals surface area contributed by atoms with Gasteiger partial charge in [-0.25, -0.2) is 4.99 Å². The van der Waals surface area contributed by atoms with Crippen LogP contribution < -0.4 is 5.32 Å². The number of hydrogen-bond donors (Lipinski definition) is 1. The minimum atomic E-state index is -0.0759. The molecule has 0 bridgehead atoms. The number of aliphatic imine (C=N–C) groups is 1. The lowest BCUT2D eigenvalue weighted by molar-refractivity contribution is 0.0948. The molecule has 0 radical (unpaired) electrons. The van der Waals surface area contributed by atoms with Crippen LogP contribution in [0.25, 0.3) is 0 Å². The molecule has 2 heterocycles. The van der Waals surface area contributed by atoms with Crippen LogP contribution in [-0.4, -0.2) is 12.1 Å². The molecule has 144 valence electrons. The lowest BCUT2D eigenvalue weighted by Crippen LogP contribution is -2.23. The predicted octanol–water partition coefficient (Wildman–Crippen LogP) is 5.97. The largest absolute Gasteiger partial charge is 0.467 e. The summed E-state index contributed by atoms with van der Waals surface area (Å²) >= 11 is 5.21. The molecule has 0 saturated heterocycles. The SMILES string of the molecule is Cc1ccc(C=Nc2sc3c(c2C(=O)NCc2ccco2)CCCC3)cc1Br. The summed E-state index contributed by atoms with van der Waals surface area (Å²) in [6, 6.07) is 9.82. The minimum absolute atomic E-state index is 0.0759. The summed E-state index contributed by atoms with van der Waals surface area (Å²) in [6.45, 7) is 2.43. The van der Waals surface area contributed by atoms with E-state index in [1.165, 1.54) is 22.4 Å². The molecule has 0 saturated carbocycles. The number of halogens is 1. The van der Waals surface area contributed by atoms with Crippen LogP contribution in [0, 0.1) is 6.92 Å². The monoisotopic (exact) mass is 456 g/mol. The summed E-state index contributed by atoms with van der Waals surface area (Å²) in [5.41, 5.74) is 4.09. The Labute approximate surface area is 176 Å². The third-order valence-electron chi connectivity index (χ3n) is 4.91. The molecule has 0 aliphatic heterocycles. The van der Waals surface area contributed by atoms with Crippen molar-refractivity contribution in [2.45, 2.75) is 39.2 Å². The van der Waals surface area contributed by atoms with Crippen molar-refractivity contribution in [3.63, 3.8) is 0 Å². The van der Waals surface area contributed by atoms with E-state index in [-0.39, 0.29) is 5.91 Å². The lowest BCUT2D eigenvalue weighted by Gasteiger charge is -2.12. The van der Waals surface area contributed by atoms with Gasteiger partial charge in [-0.2, -0.15) is 0 Å². The Bertz CT molecular complexity index is 1020. The third-order valence-corrected chi connectivity index (χ3v) is 6.96. The zero-order valence-electron chi connectivity index (χ0n) is 15.6. The van der Waals surface area contributed by atoms with E-state index in [9.17, 15) is 4.79 Å². The zero-order chi connectivity index (χ0) is 19.5. The van der Waals surface area contributed by atoms with E-state index in [4.69, 9.17) is 9.41 Å². The minimum Gasteiger partial charge on any atom is -0.467 e. The van der Waals surface area contributed by atoms with E-state index < -0.39 is 0 Å². The first-order valence-electron chi connectivity index (χ1n) is 9.37. The van der Waals surface area contributed by atoms with Crippen molar-refractivity contribution in [3.8, 4) is 0 Å². The highest BCUT2D eigenvalue weighted by molar-refractivity contribution is 9.10. The Balaban J connectivity index is 1.62. The Hall–Kier alpha value is -2.18. The number of aryl methyl sites for hydroxylation is 2. The van der Waals surface area contributed by atoms with Crippen LogP contribution >= 0.6 is 27.3 Å². The lowest BCUT2D eigenvalue weighted by atomic mass is 9.95. The fourth-order valence-electron chi connectivity index (χ4n) is 3.37. The second-order valence-electron chi connectivity index (χ2n) is 6.92. The first-order valence-corrected chi connectivity index (χ1v) is 11.0. The van der Waals surface area contributed by atoms with Gasteiger partial charge in [0.05, 0.1) is 18.4 Å². The number of fused-ring (bicyclic) bond motifs is 1. The second-order valence-corrected chi connectivity index (χ2v) is 8.86. The van der Waals surface area contributed by atoms with Crippen molar-refractivity contribution in [1.29, 1.82) is 0 Å². The van der Waals surface area contributed by atoms with Crippen molar-refractivity contribution in [2.24, 2.45) is 4.99 Å². The van der Waals surface area contributed by atoms with Gasteiger partial charge in [-0.3, -0.25) is 4.79 Å². The highest BCUT2D eigenvalue weighted by atomic mass is 79.9. The number of hydrogen-bond acceptors (Lipinski definition) is 4. The van der Waals surface area contributed by atoms with E-state index >= 15 is 0 Å². The van der Waals surface area contributed by atoms with Crippen LogP contribution in [0.2, 0.25) is 0 Å². The fraction of sp³-hybridized carbons (Fsp3) is 0.273. The van der Waals surface area contributed by atoms with Crippen molar-refractivity contribution >= 4 is 44.4 Å². The van der Waals surface area contributed by atoms with Crippen molar-refractivity contribution in [3.05, 3.63) is 74.0 Å². The van der Waals surface area contributed by atoms with Crippen LogP contribution in [0.1, 0.15) is 50.5 Å². The van der Waals surface area contributed by atoms with Gasteiger partial charge in [-0.1, -0.05) is 28.1 Å². The molecule has 4 rings (SSSR count). The molecule has 0 unspecified atom stereocenters. The van der Waals surface area contributed by atoms with Crippen molar-refractivity contribution in [2.75, 3.05) is 0 Å². The van der Waals surface area contributed by atoms with Crippen molar-refractivity contribution in [1.82, 2.24) is 5.32 Å². The number of furan rings is 1. The van der Waals surface area contributed by atoms with Crippen LogP contribution in [0.3, 0.4) is 0 Å². The number of carbonyl (C=O) groups excluding carboxylic acids is 1. The summed E-state index contributed by atoms with van der Waals surface area (Å²) < 4.78 is 6.38. The average molecular weight is 457 g/mol. The summed E-state index contributed by atoms with van der Waals surface area (Å²) in [6.07, 6.45) is 7.73. The Kier molecular flexibility index (Phi) is 5.78.